The highest BCUT2D eigenvalue weighted by Gasteiger charge is 2.16. The number of aryl methyl sites for hydroxylation is 1. The van der Waals surface area contributed by atoms with Crippen molar-refractivity contribution in [2.45, 2.75) is 33.1 Å². The Kier molecular flexibility index (Phi) is 4.36. The molecule has 18 heavy (non-hydrogen) atoms. The van der Waals surface area contributed by atoms with Crippen molar-refractivity contribution in [2.24, 2.45) is 5.92 Å². The Morgan fingerprint density at radius 3 is 2.94 bits per heavy atom. The number of nitrogens with zero attached hydrogens (tertiary/aromatic N) is 2. The van der Waals surface area contributed by atoms with Crippen LogP contribution in [0.15, 0.2) is 0 Å². The highest BCUT2D eigenvalue weighted by Crippen LogP contribution is 2.19. The van der Waals surface area contributed by atoms with E-state index in [9.17, 15) is 0 Å². The fraction of sp³-hybridized carbons (Fsp3) is 0.692. The molecule has 3 N–H and O–H groups in total. The maximum atomic E-state index is 5.92. The summed E-state index contributed by atoms with van der Waals surface area (Å²) in [7, 11) is 0. The smallest absolute Gasteiger partial charge is 0.134 e. The molecule has 5 nitrogen and oxygen atoms in total. The van der Waals surface area contributed by atoms with Crippen molar-refractivity contribution < 1.29 is 4.74 Å². The first kappa shape index (κ1) is 13.1. The second-order valence-electron chi connectivity index (χ2n) is 4.86. The number of aromatic nitrogens is 2. The molecule has 0 amide bonds. The summed E-state index contributed by atoms with van der Waals surface area (Å²) in [5.74, 6) is 2.86. The van der Waals surface area contributed by atoms with E-state index in [0.29, 0.717) is 11.7 Å². The fourth-order valence-corrected chi connectivity index (χ4v) is 2.07. The SMILES string of the molecule is CCCc1nc(N)c(C)c(NCC2CCOC2)n1. The Morgan fingerprint density at radius 2 is 2.28 bits per heavy atom. The van der Waals surface area contributed by atoms with Gasteiger partial charge in [-0.1, -0.05) is 6.92 Å². The summed E-state index contributed by atoms with van der Waals surface area (Å²) >= 11 is 0. The van der Waals surface area contributed by atoms with Gasteiger partial charge >= 0.3 is 0 Å². The number of anilines is 2. The predicted molar refractivity (Wildman–Crippen MR) is 72.6 cm³/mol. The van der Waals surface area contributed by atoms with E-state index in [0.717, 1.165) is 56.2 Å². The first-order valence-electron chi connectivity index (χ1n) is 6.65. The van der Waals surface area contributed by atoms with Crippen LogP contribution in [0.2, 0.25) is 0 Å². The van der Waals surface area contributed by atoms with Gasteiger partial charge in [0, 0.05) is 31.1 Å². The fourth-order valence-electron chi connectivity index (χ4n) is 2.07. The van der Waals surface area contributed by atoms with Crippen LogP contribution in [0.3, 0.4) is 0 Å². The van der Waals surface area contributed by atoms with Crippen molar-refractivity contribution >= 4 is 11.6 Å². The normalized spacial score (nSPS) is 19.1. The molecule has 1 saturated heterocycles. The summed E-state index contributed by atoms with van der Waals surface area (Å²) in [5, 5.41) is 3.38. The van der Waals surface area contributed by atoms with Crippen LogP contribution in [0, 0.1) is 12.8 Å². The van der Waals surface area contributed by atoms with E-state index in [1.165, 1.54) is 0 Å². The van der Waals surface area contributed by atoms with Crippen LogP contribution in [0.5, 0.6) is 0 Å². The van der Waals surface area contributed by atoms with Gasteiger partial charge in [-0.05, 0) is 19.8 Å². The lowest BCUT2D eigenvalue weighted by Crippen LogP contribution is -2.17. The summed E-state index contributed by atoms with van der Waals surface area (Å²) < 4.78 is 5.36. The lowest BCUT2D eigenvalue weighted by molar-refractivity contribution is 0.187. The van der Waals surface area contributed by atoms with Crippen molar-refractivity contribution in [1.29, 1.82) is 0 Å². The van der Waals surface area contributed by atoms with E-state index in [4.69, 9.17) is 10.5 Å². The molecule has 0 aromatic carbocycles. The van der Waals surface area contributed by atoms with E-state index >= 15 is 0 Å². The number of ether oxygens (including phenoxy) is 1. The van der Waals surface area contributed by atoms with Crippen LogP contribution in [-0.2, 0) is 11.2 Å². The average Bonchev–Trinajstić information content (AvgIpc) is 2.85. The molecule has 1 aliphatic rings. The molecule has 0 aliphatic carbocycles. The van der Waals surface area contributed by atoms with Crippen LogP contribution < -0.4 is 11.1 Å². The van der Waals surface area contributed by atoms with E-state index in [-0.39, 0.29) is 0 Å². The third-order valence-corrected chi connectivity index (χ3v) is 3.29. The predicted octanol–water partition coefficient (Wildman–Crippen LogP) is 1.77. The van der Waals surface area contributed by atoms with Gasteiger partial charge in [-0.3, -0.25) is 0 Å². The minimum atomic E-state index is 0.579. The van der Waals surface area contributed by atoms with E-state index in [2.05, 4.69) is 22.2 Å². The number of nitrogens with one attached hydrogen (secondary N) is 1. The number of hydrogen-bond donors (Lipinski definition) is 2. The first-order chi connectivity index (χ1) is 8.70. The molecule has 2 heterocycles. The van der Waals surface area contributed by atoms with Gasteiger partial charge in [0.15, 0.2) is 0 Å². The molecule has 5 heteroatoms. The largest absolute Gasteiger partial charge is 0.383 e. The van der Waals surface area contributed by atoms with E-state index < -0.39 is 0 Å². The lowest BCUT2D eigenvalue weighted by Gasteiger charge is -2.14. The molecule has 1 aromatic heterocycles. The Hall–Kier alpha value is -1.36. The summed E-state index contributed by atoms with van der Waals surface area (Å²) in [4.78, 5) is 8.85. The zero-order chi connectivity index (χ0) is 13.0. The van der Waals surface area contributed by atoms with Gasteiger partial charge in [-0.2, -0.15) is 0 Å². The number of rotatable bonds is 5. The topological polar surface area (TPSA) is 73.1 Å². The second-order valence-corrected chi connectivity index (χ2v) is 4.86. The number of hydrogen-bond acceptors (Lipinski definition) is 5. The second kappa shape index (κ2) is 6.00. The Bertz CT molecular complexity index is 402. The number of nitrogens with two attached hydrogens (primary N) is 1. The van der Waals surface area contributed by atoms with Crippen molar-refractivity contribution in [3.05, 3.63) is 11.4 Å². The maximum absolute atomic E-state index is 5.92. The molecular formula is C13H22N4O. The van der Waals surface area contributed by atoms with Crippen LogP contribution in [0.4, 0.5) is 11.6 Å². The molecular weight excluding hydrogens is 228 g/mol. The van der Waals surface area contributed by atoms with Gasteiger partial charge < -0.3 is 15.8 Å². The van der Waals surface area contributed by atoms with Crippen LogP contribution >= 0.6 is 0 Å². The quantitative estimate of drug-likeness (QED) is 0.833. The van der Waals surface area contributed by atoms with Gasteiger partial charge in [0.1, 0.15) is 17.5 Å². The third-order valence-electron chi connectivity index (χ3n) is 3.29. The minimum Gasteiger partial charge on any atom is -0.383 e. The van der Waals surface area contributed by atoms with Crippen molar-refractivity contribution in [3.8, 4) is 0 Å². The average molecular weight is 250 g/mol. The van der Waals surface area contributed by atoms with E-state index in [1.54, 1.807) is 0 Å². The lowest BCUT2D eigenvalue weighted by atomic mass is 10.1. The standard InChI is InChI=1S/C13H22N4O/c1-3-4-11-16-12(14)9(2)13(17-11)15-7-10-5-6-18-8-10/h10H,3-8H2,1-2H3,(H3,14,15,16,17). The third kappa shape index (κ3) is 3.10. The molecule has 1 aliphatic heterocycles. The molecule has 0 bridgehead atoms. The van der Waals surface area contributed by atoms with Gasteiger partial charge in [0.25, 0.3) is 0 Å². The van der Waals surface area contributed by atoms with Crippen molar-refractivity contribution in [3.63, 3.8) is 0 Å². The van der Waals surface area contributed by atoms with Gasteiger partial charge in [0.2, 0.25) is 0 Å². The Morgan fingerprint density at radius 1 is 1.44 bits per heavy atom. The van der Waals surface area contributed by atoms with Crippen LogP contribution in [0.1, 0.15) is 31.2 Å². The first-order valence-corrected chi connectivity index (χ1v) is 6.65. The summed E-state index contributed by atoms with van der Waals surface area (Å²) in [6.45, 7) is 6.68. The van der Waals surface area contributed by atoms with Crippen LogP contribution in [-0.4, -0.2) is 29.7 Å². The highest BCUT2D eigenvalue weighted by molar-refractivity contribution is 5.54. The zero-order valence-electron chi connectivity index (χ0n) is 11.2. The van der Waals surface area contributed by atoms with Gasteiger partial charge in [-0.15, -0.1) is 0 Å². The molecule has 2 rings (SSSR count). The summed E-state index contributed by atoms with van der Waals surface area (Å²) in [6, 6.07) is 0. The number of nitrogen functional groups attached to an aromatic ring is 1. The maximum Gasteiger partial charge on any atom is 0.134 e. The monoisotopic (exact) mass is 250 g/mol. The molecule has 1 aromatic rings. The molecule has 1 atom stereocenters. The van der Waals surface area contributed by atoms with Gasteiger partial charge in [-0.25, -0.2) is 9.97 Å². The molecule has 0 spiro atoms. The molecule has 1 fully saturated rings. The van der Waals surface area contributed by atoms with E-state index in [1.807, 2.05) is 6.92 Å². The summed E-state index contributed by atoms with van der Waals surface area (Å²) in [6.07, 6.45) is 3.01. The summed E-state index contributed by atoms with van der Waals surface area (Å²) in [5.41, 5.74) is 6.86. The Balaban J connectivity index is 2.05. The molecule has 0 saturated carbocycles. The van der Waals surface area contributed by atoms with Crippen molar-refractivity contribution in [2.75, 3.05) is 30.8 Å². The molecule has 1 unspecified atom stereocenters. The van der Waals surface area contributed by atoms with Crippen LogP contribution in [0.25, 0.3) is 0 Å². The Labute approximate surface area is 108 Å². The highest BCUT2D eigenvalue weighted by atomic mass is 16.5. The van der Waals surface area contributed by atoms with Crippen molar-refractivity contribution in [1.82, 2.24) is 9.97 Å². The molecule has 0 radical (unpaired) electrons. The van der Waals surface area contributed by atoms with Gasteiger partial charge in [0.05, 0.1) is 6.61 Å². The molecule has 100 valence electrons. The zero-order valence-corrected chi connectivity index (χ0v) is 11.2. The minimum absolute atomic E-state index is 0.579.